The molecule has 0 aromatic heterocycles. The van der Waals surface area contributed by atoms with E-state index in [1.807, 2.05) is 6.07 Å². The van der Waals surface area contributed by atoms with E-state index in [1.54, 1.807) is 36.4 Å². The van der Waals surface area contributed by atoms with E-state index in [4.69, 9.17) is 11.6 Å². The number of fused-ring (bicyclic) bond motifs is 1. The number of amides is 1. The molecule has 1 amide bonds. The summed E-state index contributed by atoms with van der Waals surface area (Å²) in [7, 11) is 0. The molecule has 3 atom stereocenters. The Kier molecular flexibility index (Phi) is 3.62. The summed E-state index contributed by atoms with van der Waals surface area (Å²) < 4.78 is 14.9. The van der Waals surface area contributed by atoms with Crippen LogP contribution < -0.4 is 10.6 Å². The van der Waals surface area contributed by atoms with Crippen molar-refractivity contribution in [3.8, 4) is 11.1 Å². The van der Waals surface area contributed by atoms with Crippen LogP contribution in [-0.4, -0.2) is 18.5 Å². The number of halogens is 2. The van der Waals surface area contributed by atoms with Gasteiger partial charge in [-0.3, -0.25) is 4.79 Å². The lowest BCUT2D eigenvalue weighted by Gasteiger charge is -2.15. The lowest BCUT2D eigenvalue weighted by Crippen LogP contribution is -2.39. The summed E-state index contributed by atoms with van der Waals surface area (Å²) >= 11 is 6.17. The summed E-state index contributed by atoms with van der Waals surface area (Å²) in [6.07, 6.45) is 1.06. The maximum absolute atomic E-state index is 14.9. The Morgan fingerprint density at radius 1 is 1.25 bits per heavy atom. The fourth-order valence-corrected chi connectivity index (χ4v) is 3.89. The van der Waals surface area contributed by atoms with Crippen LogP contribution in [-0.2, 0) is 4.79 Å². The van der Waals surface area contributed by atoms with Crippen LogP contribution in [0.2, 0.25) is 5.02 Å². The molecular formula is C19H18ClFN2O. The van der Waals surface area contributed by atoms with Crippen LogP contribution in [0.3, 0.4) is 0 Å². The maximum Gasteiger partial charge on any atom is 0.241 e. The van der Waals surface area contributed by atoms with Gasteiger partial charge in [0, 0.05) is 22.7 Å². The molecule has 2 aromatic carbocycles. The third-order valence-electron chi connectivity index (χ3n) is 5.25. The van der Waals surface area contributed by atoms with Crippen molar-refractivity contribution in [3.05, 3.63) is 53.3 Å². The fourth-order valence-electron chi connectivity index (χ4n) is 3.65. The molecule has 0 spiro atoms. The van der Waals surface area contributed by atoms with Gasteiger partial charge >= 0.3 is 0 Å². The molecule has 2 aliphatic rings. The van der Waals surface area contributed by atoms with E-state index in [2.05, 4.69) is 17.6 Å². The molecule has 1 saturated heterocycles. The summed E-state index contributed by atoms with van der Waals surface area (Å²) in [5.41, 5.74) is 1.42. The van der Waals surface area contributed by atoms with E-state index in [0.29, 0.717) is 22.1 Å². The van der Waals surface area contributed by atoms with Gasteiger partial charge in [-0.15, -0.1) is 0 Å². The molecule has 2 N–H and O–H groups in total. The summed E-state index contributed by atoms with van der Waals surface area (Å²) in [5.74, 6) is -0.278. The Bertz CT molecular complexity index is 825. The van der Waals surface area contributed by atoms with Crippen LogP contribution >= 0.6 is 11.6 Å². The van der Waals surface area contributed by atoms with Crippen molar-refractivity contribution in [2.24, 2.45) is 11.3 Å². The molecule has 124 valence electrons. The Hall–Kier alpha value is -1.91. The number of nitrogens with one attached hydrogen (secondary N) is 2. The maximum atomic E-state index is 14.9. The van der Waals surface area contributed by atoms with Gasteiger partial charge in [0.1, 0.15) is 0 Å². The van der Waals surface area contributed by atoms with Crippen LogP contribution in [0.1, 0.15) is 13.3 Å². The lowest BCUT2D eigenvalue weighted by molar-refractivity contribution is -0.118. The second kappa shape index (κ2) is 5.57. The third-order valence-corrected chi connectivity index (χ3v) is 5.58. The molecular weight excluding hydrogens is 327 g/mol. The van der Waals surface area contributed by atoms with Crippen molar-refractivity contribution in [1.29, 1.82) is 0 Å². The van der Waals surface area contributed by atoms with Gasteiger partial charge in [-0.1, -0.05) is 48.9 Å². The quantitative estimate of drug-likeness (QED) is 0.880. The smallest absolute Gasteiger partial charge is 0.241 e. The predicted molar refractivity (Wildman–Crippen MR) is 93.5 cm³/mol. The van der Waals surface area contributed by atoms with Crippen molar-refractivity contribution < 1.29 is 9.18 Å². The molecule has 24 heavy (non-hydrogen) atoms. The number of carbonyl (C=O) groups is 1. The normalized spacial score (nSPS) is 27.6. The average Bonchev–Trinajstić information content (AvgIpc) is 3.11. The second-order valence-electron chi connectivity index (χ2n) is 6.96. The fraction of sp³-hybridized carbons (Fsp3) is 0.316. The number of benzene rings is 2. The zero-order valence-electron chi connectivity index (χ0n) is 13.3. The van der Waals surface area contributed by atoms with Crippen molar-refractivity contribution in [1.82, 2.24) is 5.32 Å². The van der Waals surface area contributed by atoms with Crippen LogP contribution in [0.25, 0.3) is 11.1 Å². The van der Waals surface area contributed by atoms with E-state index in [9.17, 15) is 9.18 Å². The van der Waals surface area contributed by atoms with E-state index in [-0.39, 0.29) is 23.1 Å². The van der Waals surface area contributed by atoms with E-state index >= 15 is 0 Å². The highest BCUT2D eigenvalue weighted by Gasteiger charge is 2.60. The van der Waals surface area contributed by atoms with E-state index < -0.39 is 5.82 Å². The highest BCUT2D eigenvalue weighted by atomic mass is 35.5. The number of hydrogen-bond acceptors (Lipinski definition) is 2. The van der Waals surface area contributed by atoms with Gasteiger partial charge in [0.15, 0.2) is 5.82 Å². The zero-order chi connectivity index (χ0) is 16.9. The van der Waals surface area contributed by atoms with Gasteiger partial charge in [0.05, 0.1) is 11.7 Å². The number of carbonyl (C=O) groups excluding carboxylic acids is 1. The first-order valence-electron chi connectivity index (χ1n) is 8.07. The first-order valence-corrected chi connectivity index (χ1v) is 8.45. The lowest BCUT2D eigenvalue weighted by atomic mass is 10.0. The highest BCUT2D eigenvalue weighted by molar-refractivity contribution is 6.33. The van der Waals surface area contributed by atoms with Gasteiger partial charge in [-0.25, -0.2) is 4.39 Å². The van der Waals surface area contributed by atoms with Crippen LogP contribution in [0.15, 0.2) is 42.5 Å². The molecule has 1 saturated carbocycles. The Morgan fingerprint density at radius 2 is 2.00 bits per heavy atom. The monoisotopic (exact) mass is 344 g/mol. The minimum Gasteiger partial charge on any atom is -0.322 e. The van der Waals surface area contributed by atoms with Gasteiger partial charge in [0.25, 0.3) is 0 Å². The van der Waals surface area contributed by atoms with Crippen LogP contribution in [0.4, 0.5) is 10.1 Å². The third kappa shape index (κ3) is 2.50. The molecule has 2 aromatic rings. The van der Waals surface area contributed by atoms with Crippen molar-refractivity contribution in [2.75, 3.05) is 11.9 Å². The minimum atomic E-state index is -0.462. The van der Waals surface area contributed by atoms with E-state index in [0.717, 1.165) is 13.0 Å². The summed E-state index contributed by atoms with van der Waals surface area (Å²) in [4.78, 5) is 12.5. The summed E-state index contributed by atoms with van der Waals surface area (Å²) in [6.45, 7) is 3.02. The van der Waals surface area contributed by atoms with Crippen molar-refractivity contribution in [2.45, 2.75) is 19.4 Å². The van der Waals surface area contributed by atoms with Crippen LogP contribution in [0.5, 0.6) is 0 Å². The SMILES string of the molecule is C[C@@]12CN[C@H](C(=O)Nc3cccc(-c4ccccc4Cl)c3F)[C@H]1C2. The standard InChI is InChI=1S/C19H18ClFN2O/c1-19-9-13(19)17(22-10-19)18(24)23-15-8-4-6-12(16(15)21)11-5-2-3-7-14(11)20/h2-8,13,17,22H,9-10H2,1H3,(H,23,24)/t13-,17+,19-/m1/s1. The summed E-state index contributed by atoms with van der Waals surface area (Å²) in [6, 6.07) is 11.8. The molecule has 0 bridgehead atoms. The topological polar surface area (TPSA) is 41.1 Å². The van der Waals surface area contributed by atoms with Crippen LogP contribution in [0, 0.1) is 17.2 Å². The molecule has 0 unspecified atom stereocenters. The molecule has 5 heteroatoms. The minimum absolute atomic E-state index is 0.170. The molecule has 4 rings (SSSR count). The molecule has 1 heterocycles. The Balaban J connectivity index is 1.60. The molecule has 2 fully saturated rings. The second-order valence-corrected chi connectivity index (χ2v) is 7.37. The highest BCUT2D eigenvalue weighted by Crippen LogP contribution is 2.57. The number of rotatable bonds is 3. The number of hydrogen-bond donors (Lipinski definition) is 2. The Morgan fingerprint density at radius 3 is 2.67 bits per heavy atom. The van der Waals surface area contributed by atoms with Gasteiger partial charge < -0.3 is 10.6 Å². The zero-order valence-corrected chi connectivity index (χ0v) is 14.0. The largest absolute Gasteiger partial charge is 0.322 e. The first-order chi connectivity index (χ1) is 11.5. The predicted octanol–water partition coefficient (Wildman–Crippen LogP) is 4.08. The summed E-state index contributed by atoms with van der Waals surface area (Å²) in [5, 5.41) is 6.45. The molecule has 0 radical (unpaired) electrons. The van der Waals surface area contributed by atoms with E-state index in [1.165, 1.54) is 0 Å². The molecule has 1 aliphatic carbocycles. The average molecular weight is 345 g/mol. The molecule has 1 aliphatic heterocycles. The Labute approximate surface area is 145 Å². The molecule has 3 nitrogen and oxygen atoms in total. The first kappa shape index (κ1) is 15.6. The van der Waals surface area contributed by atoms with Crippen molar-refractivity contribution in [3.63, 3.8) is 0 Å². The van der Waals surface area contributed by atoms with Gasteiger partial charge in [-0.2, -0.15) is 0 Å². The number of anilines is 1. The van der Waals surface area contributed by atoms with Gasteiger partial charge in [-0.05, 0) is 29.9 Å². The number of piperidine rings is 1. The van der Waals surface area contributed by atoms with Crippen molar-refractivity contribution >= 4 is 23.2 Å². The van der Waals surface area contributed by atoms with Gasteiger partial charge in [0.2, 0.25) is 5.91 Å².